The summed E-state index contributed by atoms with van der Waals surface area (Å²) in [6.45, 7) is 5.64. The van der Waals surface area contributed by atoms with Crippen molar-refractivity contribution >= 4 is 39.5 Å². The van der Waals surface area contributed by atoms with E-state index in [1.54, 1.807) is 6.92 Å². The van der Waals surface area contributed by atoms with E-state index >= 15 is 0 Å². The molecule has 1 aliphatic carbocycles. The number of H-pyrrole nitrogens is 1. The van der Waals surface area contributed by atoms with Crippen molar-refractivity contribution in [3.8, 4) is 0 Å². The molecule has 2 aliphatic rings. The fourth-order valence-electron chi connectivity index (χ4n) is 4.35. The summed E-state index contributed by atoms with van der Waals surface area (Å²) in [5, 5.41) is 3.39. The maximum absolute atomic E-state index is 12.6. The summed E-state index contributed by atoms with van der Waals surface area (Å²) in [6, 6.07) is -0.384. The zero-order chi connectivity index (χ0) is 22.3. The molecule has 2 N–H and O–H groups in total. The van der Waals surface area contributed by atoms with Crippen LogP contribution >= 0.6 is 11.3 Å². The number of carbonyl (C=O) groups excluding carboxylic acids is 3. The second-order valence-electron chi connectivity index (χ2n) is 8.33. The summed E-state index contributed by atoms with van der Waals surface area (Å²) in [6.07, 6.45) is 2.85. The lowest BCUT2D eigenvalue weighted by Crippen LogP contribution is -2.44. The third-order valence-electron chi connectivity index (χ3n) is 6.22. The number of carbonyl (C=O) groups is 3. The molecule has 1 saturated heterocycles. The molecule has 31 heavy (non-hydrogen) atoms. The smallest absolute Gasteiger partial charge is 0.325 e. The minimum Gasteiger partial charge on any atom is -0.454 e. The quantitative estimate of drug-likeness (QED) is 0.520. The molecule has 2 aromatic rings. The first-order valence-electron chi connectivity index (χ1n) is 10.6. The molecule has 0 radical (unpaired) electrons. The topological polar surface area (TPSA) is 121 Å². The van der Waals surface area contributed by atoms with Crippen LogP contribution in [0.15, 0.2) is 4.79 Å². The molecular weight excluding hydrogens is 420 g/mol. The van der Waals surface area contributed by atoms with Crippen molar-refractivity contribution < 1.29 is 19.1 Å². The Bertz CT molecular complexity index is 1110. The first kappa shape index (κ1) is 21.5. The van der Waals surface area contributed by atoms with E-state index in [2.05, 4.69) is 15.3 Å². The average Bonchev–Trinajstić information content (AvgIpc) is 3.35. The second kappa shape index (κ2) is 8.07. The molecule has 2 fully saturated rings. The van der Waals surface area contributed by atoms with Gasteiger partial charge in [0.05, 0.1) is 5.39 Å². The zero-order valence-corrected chi connectivity index (χ0v) is 18.7. The molecule has 3 heterocycles. The van der Waals surface area contributed by atoms with Crippen molar-refractivity contribution in [2.75, 3.05) is 6.54 Å². The number of nitrogens with zero attached hydrogens (tertiary/aromatic N) is 2. The van der Waals surface area contributed by atoms with Gasteiger partial charge in [-0.3, -0.25) is 19.3 Å². The first-order valence-corrected chi connectivity index (χ1v) is 11.4. The van der Waals surface area contributed by atoms with E-state index < -0.39 is 17.6 Å². The molecule has 9 nitrogen and oxygen atoms in total. The summed E-state index contributed by atoms with van der Waals surface area (Å²) < 4.78 is 5.42. The van der Waals surface area contributed by atoms with Crippen molar-refractivity contribution in [3.05, 3.63) is 26.6 Å². The highest BCUT2D eigenvalue weighted by molar-refractivity contribution is 7.18. The number of aryl methyl sites for hydroxylation is 2. The van der Waals surface area contributed by atoms with Crippen LogP contribution in [0.5, 0.6) is 0 Å². The normalized spacial score (nSPS) is 18.7. The number of amides is 3. The summed E-state index contributed by atoms with van der Waals surface area (Å²) in [5.41, 5.74) is -0.0742. The summed E-state index contributed by atoms with van der Waals surface area (Å²) >= 11 is 1.43. The minimum absolute atomic E-state index is 0.0537. The van der Waals surface area contributed by atoms with Gasteiger partial charge in [-0.1, -0.05) is 12.8 Å². The third kappa shape index (κ3) is 3.84. The Morgan fingerprint density at radius 2 is 1.97 bits per heavy atom. The van der Waals surface area contributed by atoms with Gasteiger partial charge in [-0.25, -0.2) is 9.78 Å². The fraction of sp³-hybridized carbons (Fsp3) is 0.571. The van der Waals surface area contributed by atoms with Gasteiger partial charge in [-0.15, -0.1) is 11.3 Å². The number of fused-ring (bicyclic) bond motifs is 1. The Hall–Kier alpha value is -2.75. The fourth-order valence-corrected chi connectivity index (χ4v) is 5.39. The lowest BCUT2D eigenvalue weighted by atomic mass is 9.98. The van der Waals surface area contributed by atoms with E-state index in [-0.39, 0.29) is 30.5 Å². The maximum Gasteiger partial charge on any atom is 0.325 e. The zero-order valence-electron chi connectivity index (χ0n) is 17.9. The number of aromatic nitrogens is 2. The molecule has 1 aliphatic heterocycles. The molecule has 1 saturated carbocycles. The minimum atomic E-state index is -0.735. The number of esters is 1. The van der Waals surface area contributed by atoms with Crippen molar-refractivity contribution in [1.29, 1.82) is 0 Å². The Labute approximate surface area is 183 Å². The average molecular weight is 447 g/mol. The van der Waals surface area contributed by atoms with Crippen LogP contribution in [-0.2, 0) is 14.3 Å². The molecular formula is C21H26N4O5S. The largest absolute Gasteiger partial charge is 0.454 e. The Morgan fingerprint density at radius 3 is 2.68 bits per heavy atom. The number of hydrogen-bond donors (Lipinski definition) is 2. The van der Waals surface area contributed by atoms with Gasteiger partial charge in [0.2, 0.25) is 0 Å². The van der Waals surface area contributed by atoms with Crippen LogP contribution in [0, 0.1) is 13.8 Å². The van der Waals surface area contributed by atoms with Crippen LogP contribution in [0.4, 0.5) is 4.79 Å². The third-order valence-corrected chi connectivity index (χ3v) is 7.32. The van der Waals surface area contributed by atoms with Crippen molar-refractivity contribution in [3.63, 3.8) is 0 Å². The number of imide groups is 1. The van der Waals surface area contributed by atoms with Crippen LogP contribution in [0.25, 0.3) is 10.2 Å². The maximum atomic E-state index is 12.6. The van der Waals surface area contributed by atoms with Crippen LogP contribution in [0.3, 0.4) is 0 Å². The van der Waals surface area contributed by atoms with Gasteiger partial charge < -0.3 is 15.0 Å². The van der Waals surface area contributed by atoms with E-state index in [0.29, 0.717) is 35.3 Å². The monoisotopic (exact) mass is 446 g/mol. The summed E-state index contributed by atoms with van der Waals surface area (Å²) in [4.78, 5) is 59.5. The highest BCUT2D eigenvalue weighted by Gasteiger charge is 2.52. The Balaban J connectivity index is 1.33. The van der Waals surface area contributed by atoms with E-state index in [0.717, 1.165) is 23.3 Å². The molecule has 2 aromatic heterocycles. The van der Waals surface area contributed by atoms with Gasteiger partial charge >= 0.3 is 12.0 Å². The Kier molecular flexibility index (Phi) is 5.59. The number of aromatic amines is 1. The number of nitrogens with one attached hydrogen (secondary N) is 2. The number of ether oxygens (including phenoxy) is 1. The van der Waals surface area contributed by atoms with Gasteiger partial charge in [0.25, 0.3) is 11.5 Å². The van der Waals surface area contributed by atoms with Gasteiger partial charge in [-0.05, 0) is 45.6 Å². The van der Waals surface area contributed by atoms with E-state index in [1.165, 1.54) is 16.2 Å². The Morgan fingerprint density at radius 1 is 1.26 bits per heavy atom. The predicted octanol–water partition coefficient (Wildman–Crippen LogP) is 2.85. The molecule has 10 heteroatoms. The van der Waals surface area contributed by atoms with Gasteiger partial charge in [-0.2, -0.15) is 0 Å². The highest BCUT2D eigenvalue weighted by atomic mass is 32.1. The number of rotatable bonds is 6. The van der Waals surface area contributed by atoms with Gasteiger partial charge in [0.15, 0.2) is 11.9 Å². The standard InChI is InChI=1S/C21H26N4O5S/c1-11-13(3)31-18-15(11)17(27)22-16(23-18)12(2)30-14(26)7-6-10-25-19(28)21(24-20(25)29)8-4-5-9-21/h12H,4-10H2,1-3H3,(H,24,29)(H,22,23,27)/t12-/m1/s1. The molecule has 166 valence electrons. The first-order chi connectivity index (χ1) is 14.7. The number of thiophene rings is 1. The lowest BCUT2D eigenvalue weighted by Gasteiger charge is -2.20. The van der Waals surface area contributed by atoms with Gasteiger partial charge in [0, 0.05) is 17.8 Å². The van der Waals surface area contributed by atoms with E-state index in [1.807, 2.05) is 13.8 Å². The van der Waals surface area contributed by atoms with Crippen LogP contribution in [0.2, 0.25) is 0 Å². The summed E-state index contributed by atoms with van der Waals surface area (Å²) in [5.74, 6) is -0.367. The SMILES string of the molecule is Cc1sc2nc([C@@H](C)OC(=O)CCCN3C(=O)NC4(CCCC4)C3=O)[nH]c(=O)c2c1C. The van der Waals surface area contributed by atoms with E-state index in [4.69, 9.17) is 4.74 Å². The van der Waals surface area contributed by atoms with Crippen molar-refractivity contribution in [2.24, 2.45) is 0 Å². The van der Waals surface area contributed by atoms with Crippen molar-refractivity contribution in [1.82, 2.24) is 20.2 Å². The number of urea groups is 1. The number of hydrogen-bond acceptors (Lipinski definition) is 7. The molecule has 1 spiro atoms. The van der Waals surface area contributed by atoms with Crippen molar-refractivity contribution in [2.45, 2.75) is 70.9 Å². The lowest BCUT2D eigenvalue weighted by molar-refractivity contribution is -0.149. The van der Waals surface area contributed by atoms with E-state index in [9.17, 15) is 19.2 Å². The predicted molar refractivity (Wildman–Crippen MR) is 115 cm³/mol. The molecule has 0 unspecified atom stereocenters. The van der Waals surface area contributed by atoms with Crippen LogP contribution in [0.1, 0.15) is 67.8 Å². The molecule has 1 atom stereocenters. The second-order valence-corrected chi connectivity index (χ2v) is 9.53. The van der Waals surface area contributed by atoms with Gasteiger partial charge in [0.1, 0.15) is 10.4 Å². The molecule has 0 bridgehead atoms. The highest BCUT2D eigenvalue weighted by Crippen LogP contribution is 2.35. The molecule has 3 amide bonds. The molecule has 4 rings (SSSR count). The van der Waals surface area contributed by atoms with Crippen LogP contribution < -0.4 is 10.9 Å². The van der Waals surface area contributed by atoms with Crippen LogP contribution in [-0.4, -0.2) is 44.9 Å². The summed E-state index contributed by atoms with van der Waals surface area (Å²) in [7, 11) is 0. The molecule has 0 aromatic carbocycles.